The van der Waals surface area contributed by atoms with Crippen molar-refractivity contribution in [3.63, 3.8) is 0 Å². The molecule has 1 N–H and O–H groups in total. The van der Waals surface area contributed by atoms with Crippen molar-refractivity contribution in [1.82, 2.24) is 10.2 Å². The first-order chi connectivity index (χ1) is 10.5. The van der Waals surface area contributed by atoms with Crippen LogP contribution in [0.4, 0.5) is 0 Å². The average Bonchev–Trinajstić information content (AvgIpc) is 3.08. The van der Waals surface area contributed by atoms with Gasteiger partial charge in [0.05, 0.1) is 12.6 Å². The number of nitrogens with one attached hydrogen (secondary N) is 1. The number of carbonyl (C=O) groups excluding carboxylic acids is 1. The van der Waals surface area contributed by atoms with Crippen molar-refractivity contribution < 1.29 is 9.53 Å². The summed E-state index contributed by atoms with van der Waals surface area (Å²) in [5, 5.41) is 4.64. The molecule has 3 aliphatic heterocycles. The summed E-state index contributed by atoms with van der Waals surface area (Å²) in [6, 6.07) is 3.97. The van der Waals surface area contributed by atoms with E-state index in [1.54, 1.807) is 6.07 Å². The van der Waals surface area contributed by atoms with Crippen molar-refractivity contribution in [2.45, 2.75) is 37.5 Å². The predicted molar refractivity (Wildman–Crippen MR) is 85.4 cm³/mol. The lowest BCUT2D eigenvalue weighted by Crippen LogP contribution is -2.54. The third-order valence-electron chi connectivity index (χ3n) is 5.15. The molecular formula is C16H18Cl2N2O2. The smallest absolute Gasteiger partial charge is 0.256 e. The Morgan fingerprint density at radius 1 is 1.45 bits per heavy atom. The van der Waals surface area contributed by atoms with E-state index in [0.717, 1.165) is 24.0 Å². The zero-order chi connectivity index (χ0) is 15.5. The van der Waals surface area contributed by atoms with E-state index in [4.69, 9.17) is 27.9 Å². The lowest BCUT2D eigenvalue weighted by atomic mass is 9.91. The van der Waals surface area contributed by atoms with Gasteiger partial charge in [0.1, 0.15) is 0 Å². The Balaban J connectivity index is 1.66. The van der Waals surface area contributed by atoms with E-state index in [-0.39, 0.29) is 11.9 Å². The Morgan fingerprint density at radius 2 is 2.27 bits per heavy atom. The fraction of sp³-hybridized carbons (Fsp3) is 0.562. The minimum absolute atomic E-state index is 0.0568. The summed E-state index contributed by atoms with van der Waals surface area (Å²) in [4.78, 5) is 15.0. The van der Waals surface area contributed by atoms with E-state index in [1.165, 1.54) is 0 Å². The SMILES string of the molecule is C[C@H]1c2c(Cl)cc(Cl)cc2CCN1C(=O)[C@]12CN[C@H](CO1)C2. The maximum Gasteiger partial charge on any atom is 0.256 e. The third kappa shape index (κ3) is 2.08. The zero-order valence-corrected chi connectivity index (χ0v) is 13.9. The quantitative estimate of drug-likeness (QED) is 0.854. The molecule has 1 aromatic rings. The maximum absolute atomic E-state index is 13.1. The molecule has 0 saturated carbocycles. The molecule has 6 heteroatoms. The van der Waals surface area contributed by atoms with Crippen LogP contribution in [0.2, 0.25) is 10.0 Å². The maximum atomic E-state index is 13.1. The van der Waals surface area contributed by atoms with E-state index in [2.05, 4.69) is 5.32 Å². The van der Waals surface area contributed by atoms with Crippen LogP contribution in [-0.4, -0.2) is 42.1 Å². The standard InChI is InChI=1S/C16H18Cl2N2O2/c1-9-14-10(4-11(17)5-13(14)18)2-3-20(9)15(21)16-6-12(7-22-16)19-8-16/h4-5,9,12,19H,2-3,6-8H2,1H3/t9-,12-,16-/m0/s1. The molecule has 1 aromatic carbocycles. The van der Waals surface area contributed by atoms with Crippen LogP contribution in [0.3, 0.4) is 0 Å². The van der Waals surface area contributed by atoms with Crippen LogP contribution >= 0.6 is 23.2 Å². The van der Waals surface area contributed by atoms with Gasteiger partial charge in [-0.2, -0.15) is 0 Å². The molecule has 2 saturated heterocycles. The van der Waals surface area contributed by atoms with Gasteiger partial charge >= 0.3 is 0 Å². The monoisotopic (exact) mass is 340 g/mol. The van der Waals surface area contributed by atoms with Crippen LogP contribution in [-0.2, 0) is 16.0 Å². The normalized spacial score (nSPS) is 33.1. The number of benzene rings is 1. The van der Waals surface area contributed by atoms with Gasteiger partial charge in [0, 0.05) is 35.6 Å². The highest BCUT2D eigenvalue weighted by Crippen LogP contribution is 2.40. The Morgan fingerprint density at radius 3 is 2.91 bits per heavy atom. The summed E-state index contributed by atoms with van der Waals surface area (Å²) in [5.74, 6) is 0.0872. The van der Waals surface area contributed by atoms with Crippen LogP contribution < -0.4 is 5.32 Å². The highest BCUT2D eigenvalue weighted by molar-refractivity contribution is 6.35. The summed E-state index contributed by atoms with van der Waals surface area (Å²) in [7, 11) is 0. The highest BCUT2D eigenvalue weighted by atomic mass is 35.5. The van der Waals surface area contributed by atoms with Gasteiger partial charge < -0.3 is 15.0 Å². The molecule has 3 aliphatic rings. The molecule has 0 radical (unpaired) electrons. The molecule has 3 atom stereocenters. The van der Waals surface area contributed by atoms with Crippen molar-refractivity contribution in [1.29, 1.82) is 0 Å². The molecular weight excluding hydrogens is 323 g/mol. The van der Waals surface area contributed by atoms with Gasteiger partial charge in [0.2, 0.25) is 0 Å². The Hall–Kier alpha value is -0.810. The second-order valence-electron chi connectivity index (χ2n) is 6.47. The van der Waals surface area contributed by atoms with E-state index in [1.807, 2.05) is 17.9 Å². The summed E-state index contributed by atoms with van der Waals surface area (Å²) < 4.78 is 5.83. The minimum atomic E-state index is -0.671. The van der Waals surface area contributed by atoms with Crippen LogP contribution in [0.1, 0.15) is 30.5 Å². The number of ether oxygens (including phenoxy) is 1. The molecule has 2 bridgehead atoms. The molecule has 4 nitrogen and oxygen atoms in total. The van der Waals surface area contributed by atoms with Gasteiger partial charge in [-0.15, -0.1) is 0 Å². The van der Waals surface area contributed by atoms with Gasteiger partial charge in [0.25, 0.3) is 5.91 Å². The summed E-state index contributed by atoms with van der Waals surface area (Å²) in [6.45, 7) is 3.95. The van der Waals surface area contributed by atoms with Gasteiger partial charge in [-0.05, 0) is 36.6 Å². The number of nitrogens with zero attached hydrogens (tertiary/aromatic N) is 1. The molecule has 22 heavy (non-hydrogen) atoms. The number of fused-ring (bicyclic) bond motifs is 3. The first-order valence-electron chi connectivity index (χ1n) is 7.66. The first-order valence-corrected chi connectivity index (χ1v) is 8.42. The Kier molecular flexibility index (Phi) is 3.42. The highest BCUT2D eigenvalue weighted by Gasteiger charge is 2.54. The lowest BCUT2D eigenvalue weighted by Gasteiger charge is -2.40. The molecule has 0 aliphatic carbocycles. The molecule has 0 aromatic heterocycles. The van der Waals surface area contributed by atoms with E-state index < -0.39 is 5.60 Å². The number of amides is 1. The predicted octanol–water partition coefficient (Wildman–Crippen LogP) is 2.57. The molecule has 2 fully saturated rings. The van der Waals surface area contributed by atoms with Crippen LogP contribution in [0.5, 0.6) is 0 Å². The van der Waals surface area contributed by atoms with E-state index >= 15 is 0 Å². The van der Waals surface area contributed by atoms with Gasteiger partial charge in [0.15, 0.2) is 5.60 Å². The second kappa shape index (κ2) is 5.10. The average molecular weight is 341 g/mol. The molecule has 118 valence electrons. The fourth-order valence-electron chi connectivity index (χ4n) is 4.01. The Bertz CT molecular complexity index is 641. The fourth-order valence-corrected chi connectivity index (χ4v) is 4.70. The Labute approximate surface area is 139 Å². The largest absolute Gasteiger partial charge is 0.362 e. The number of hydrogen-bond donors (Lipinski definition) is 1. The number of rotatable bonds is 1. The van der Waals surface area contributed by atoms with Crippen LogP contribution in [0, 0.1) is 0 Å². The number of halogens is 2. The molecule has 0 unspecified atom stereocenters. The van der Waals surface area contributed by atoms with Crippen molar-refractivity contribution in [3.8, 4) is 0 Å². The summed E-state index contributed by atoms with van der Waals surface area (Å²) >= 11 is 12.5. The first kappa shape index (κ1) is 14.8. The minimum Gasteiger partial charge on any atom is -0.362 e. The lowest BCUT2D eigenvalue weighted by molar-refractivity contribution is -0.155. The number of hydrogen-bond acceptors (Lipinski definition) is 3. The van der Waals surface area contributed by atoms with Gasteiger partial charge in [-0.1, -0.05) is 23.2 Å². The van der Waals surface area contributed by atoms with Crippen LogP contribution in [0.25, 0.3) is 0 Å². The van der Waals surface area contributed by atoms with E-state index in [0.29, 0.717) is 35.8 Å². The second-order valence-corrected chi connectivity index (χ2v) is 7.32. The summed E-state index contributed by atoms with van der Waals surface area (Å²) in [6.07, 6.45) is 1.55. The number of carbonyl (C=O) groups is 1. The van der Waals surface area contributed by atoms with Gasteiger partial charge in [-0.25, -0.2) is 0 Å². The zero-order valence-electron chi connectivity index (χ0n) is 12.4. The summed E-state index contributed by atoms with van der Waals surface area (Å²) in [5.41, 5.74) is 1.49. The number of morpholine rings is 1. The molecule has 3 heterocycles. The van der Waals surface area contributed by atoms with Crippen molar-refractivity contribution in [2.24, 2.45) is 0 Å². The van der Waals surface area contributed by atoms with Crippen molar-refractivity contribution >= 4 is 29.1 Å². The molecule has 1 amide bonds. The molecule has 0 spiro atoms. The topological polar surface area (TPSA) is 41.6 Å². The van der Waals surface area contributed by atoms with Crippen molar-refractivity contribution in [3.05, 3.63) is 33.3 Å². The van der Waals surface area contributed by atoms with Gasteiger partial charge in [-0.3, -0.25) is 4.79 Å². The molecule has 4 rings (SSSR count). The van der Waals surface area contributed by atoms with Crippen LogP contribution in [0.15, 0.2) is 12.1 Å². The van der Waals surface area contributed by atoms with Crippen molar-refractivity contribution in [2.75, 3.05) is 19.7 Å². The third-order valence-corrected chi connectivity index (χ3v) is 5.68. The van der Waals surface area contributed by atoms with E-state index in [9.17, 15) is 4.79 Å².